The number of ether oxygens (including phenoxy) is 1. The zero-order valence-electron chi connectivity index (χ0n) is 10.6. The van der Waals surface area contributed by atoms with Gasteiger partial charge in [-0.1, -0.05) is 17.7 Å². The first-order chi connectivity index (χ1) is 8.83. The van der Waals surface area contributed by atoms with Crippen LogP contribution in [0, 0.1) is 0 Å². The normalized spacial score (nSPS) is 13.4. The van der Waals surface area contributed by atoms with Gasteiger partial charge in [-0.25, -0.2) is 0 Å². The minimum absolute atomic E-state index is 0.0369. The minimum Gasteiger partial charge on any atom is -0.491 e. The predicted octanol–water partition coefficient (Wildman–Crippen LogP) is 4.25. The highest BCUT2D eigenvalue weighted by atomic mass is 35.5. The summed E-state index contributed by atoms with van der Waals surface area (Å²) < 4.78 is 41.0. The van der Waals surface area contributed by atoms with E-state index in [0.717, 1.165) is 5.56 Å². The molecule has 0 aromatic heterocycles. The van der Waals surface area contributed by atoms with Gasteiger partial charge in [0.25, 0.3) is 0 Å². The summed E-state index contributed by atoms with van der Waals surface area (Å²) in [5.74, 6) is 0.241. The first-order valence-electron chi connectivity index (χ1n) is 5.63. The minimum atomic E-state index is -4.22. The number of hydrogen-bond donors (Lipinski definition) is 1. The Kier molecular flexibility index (Phi) is 6.29. The van der Waals surface area contributed by atoms with Crippen LogP contribution in [0.3, 0.4) is 0 Å². The average molecular weight is 314 g/mol. The van der Waals surface area contributed by atoms with Crippen LogP contribution < -0.4 is 10.1 Å². The largest absolute Gasteiger partial charge is 0.491 e. The van der Waals surface area contributed by atoms with Crippen LogP contribution in [0.25, 0.3) is 0 Å². The van der Waals surface area contributed by atoms with Gasteiger partial charge in [0, 0.05) is 11.8 Å². The van der Waals surface area contributed by atoms with Gasteiger partial charge in [-0.3, -0.25) is 0 Å². The van der Waals surface area contributed by atoms with Crippen LogP contribution in [0.4, 0.5) is 13.2 Å². The maximum absolute atomic E-state index is 11.9. The first kappa shape index (κ1) is 16.5. The van der Waals surface area contributed by atoms with E-state index in [1.54, 1.807) is 12.1 Å². The molecule has 0 amide bonds. The fourth-order valence-electron chi connectivity index (χ4n) is 1.38. The monoisotopic (exact) mass is 313 g/mol. The molecule has 0 spiro atoms. The maximum Gasteiger partial charge on any atom is 0.441 e. The Morgan fingerprint density at radius 2 is 2.11 bits per heavy atom. The average Bonchev–Trinajstić information content (AvgIpc) is 2.33. The lowest BCUT2D eigenvalue weighted by molar-refractivity contribution is -0.0329. The smallest absolute Gasteiger partial charge is 0.441 e. The quantitative estimate of drug-likeness (QED) is 0.793. The molecule has 0 saturated carbocycles. The highest BCUT2D eigenvalue weighted by Crippen LogP contribution is 2.31. The molecule has 1 rings (SSSR count). The van der Waals surface area contributed by atoms with E-state index < -0.39 is 5.51 Å². The summed E-state index contributed by atoms with van der Waals surface area (Å²) in [6, 6.07) is 5.39. The van der Waals surface area contributed by atoms with Crippen LogP contribution in [-0.4, -0.2) is 24.9 Å². The molecule has 0 radical (unpaired) electrons. The van der Waals surface area contributed by atoms with Gasteiger partial charge in [0.1, 0.15) is 5.75 Å². The molecule has 0 aliphatic carbocycles. The summed E-state index contributed by atoms with van der Waals surface area (Å²) in [6.45, 7) is 1.94. The van der Waals surface area contributed by atoms with Crippen LogP contribution >= 0.6 is 23.4 Å². The molecule has 0 saturated heterocycles. The second-order valence-corrected chi connectivity index (χ2v) is 5.41. The number of benzene rings is 1. The van der Waals surface area contributed by atoms with E-state index in [2.05, 4.69) is 5.32 Å². The molecule has 19 heavy (non-hydrogen) atoms. The van der Waals surface area contributed by atoms with Crippen molar-refractivity contribution in [1.29, 1.82) is 0 Å². The van der Waals surface area contributed by atoms with Crippen LogP contribution in [0.1, 0.15) is 18.5 Å². The zero-order valence-corrected chi connectivity index (χ0v) is 12.1. The van der Waals surface area contributed by atoms with Crippen LogP contribution in [0.2, 0.25) is 5.02 Å². The number of nitrogens with one attached hydrogen (secondary N) is 1. The lowest BCUT2D eigenvalue weighted by Crippen LogP contribution is -2.12. The lowest BCUT2D eigenvalue weighted by Gasteiger charge is -2.13. The van der Waals surface area contributed by atoms with E-state index in [1.165, 1.54) is 0 Å². The molecule has 1 unspecified atom stereocenters. The zero-order chi connectivity index (χ0) is 14.5. The van der Waals surface area contributed by atoms with E-state index in [-0.39, 0.29) is 30.2 Å². The molecule has 7 heteroatoms. The van der Waals surface area contributed by atoms with Crippen LogP contribution in [-0.2, 0) is 0 Å². The molecule has 0 aliphatic heterocycles. The summed E-state index contributed by atoms with van der Waals surface area (Å²) in [4.78, 5) is 0. The second kappa shape index (κ2) is 7.26. The summed E-state index contributed by atoms with van der Waals surface area (Å²) in [7, 11) is 1.83. The van der Waals surface area contributed by atoms with Gasteiger partial charge in [0.15, 0.2) is 0 Å². The van der Waals surface area contributed by atoms with E-state index in [1.807, 2.05) is 20.0 Å². The van der Waals surface area contributed by atoms with Crippen molar-refractivity contribution in [3.8, 4) is 5.75 Å². The molecular weight excluding hydrogens is 299 g/mol. The maximum atomic E-state index is 11.9. The summed E-state index contributed by atoms with van der Waals surface area (Å²) >= 11 is 5.91. The van der Waals surface area contributed by atoms with Gasteiger partial charge in [-0.05, 0) is 43.4 Å². The molecule has 1 atom stereocenters. The van der Waals surface area contributed by atoms with E-state index >= 15 is 0 Å². The van der Waals surface area contributed by atoms with Gasteiger partial charge < -0.3 is 10.1 Å². The second-order valence-electron chi connectivity index (χ2n) is 3.84. The molecule has 0 fully saturated rings. The fraction of sp³-hybridized carbons (Fsp3) is 0.500. The fourth-order valence-corrected chi connectivity index (χ4v) is 2.02. The number of thioether (sulfide) groups is 1. The number of alkyl halides is 3. The topological polar surface area (TPSA) is 21.3 Å². The first-order valence-corrected chi connectivity index (χ1v) is 7.00. The van der Waals surface area contributed by atoms with Crippen LogP contribution in [0.5, 0.6) is 5.75 Å². The third kappa shape index (κ3) is 5.93. The van der Waals surface area contributed by atoms with Gasteiger partial charge in [-0.15, -0.1) is 0 Å². The van der Waals surface area contributed by atoms with Gasteiger partial charge >= 0.3 is 5.51 Å². The van der Waals surface area contributed by atoms with Crippen LogP contribution in [0.15, 0.2) is 18.2 Å². The molecule has 0 heterocycles. The van der Waals surface area contributed by atoms with E-state index in [4.69, 9.17) is 16.3 Å². The standard InChI is InChI=1S/C12H15ClF3NOS/c1-8(17-2)9-3-4-11(10(13)7-9)18-5-6-19-12(14,15)16/h3-4,7-8,17H,5-6H2,1-2H3. The van der Waals surface area contributed by atoms with Crippen molar-refractivity contribution in [2.45, 2.75) is 18.5 Å². The molecule has 1 aromatic carbocycles. The van der Waals surface area contributed by atoms with Crippen molar-refractivity contribution in [3.05, 3.63) is 28.8 Å². The Morgan fingerprint density at radius 3 is 2.63 bits per heavy atom. The molecular formula is C12H15ClF3NOS. The molecule has 108 valence electrons. The molecule has 1 N–H and O–H groups in total. The third-order valence-electron chi connectivity index (χ3n) is 2.50. The predicted molar refractivity (Wildman–Crippen MR) is 72.9 cm³/mol. The molecule has 2 nitrogen and oxygen atoms in total. The van der Waals surface area contributed by atoms with Crippen molar-refractivity contribution in [3.63, 3.8) is 0 Å². The lowest BCUT2D eigenvalue weighted by atomic mass is 10.1. The Balaban J connectivity index is 2.51. The molecule has 1 aromatic rings. The summed E-state index contributed by atoms with van der Waals surface area (Å²) in [5, 5.41) is 3.47. The van der Waals surface area contributed by atoms with Gasteiger partial charge in [0.2, 0.25) is 0 Å². The summed E-state index contributed by atoms with van der Waals surface area (Å²) in [5.41, 5.74) is -3.23. The number of rotatable bonds is 6. The Labute approximate surface area is 119 Å². The van der Waals surface area contributed by atoms with Crippen molar-refractivity contribution >= 4 is 23.4 Å². The Bertz CT molecular complexity index is 414. The van der Waals surface area contributed by atoms with E-state index in [9.17, 15) is 13.2 Å². The highest BCUT2D eigenvalue weighted by molar-refractivity contribution is 8.00. The highest BCUT2D eigenvalue weighted by Gasteiger charge is 2.27. The van der Waals surface area contributed by atoms with Crippen molar-refractivity contribution in [1.82, 2.24) is 5.32 Å². The molecule has 0 bridgehead atoms. The van der Waals surface area contributed by atoms with Crippen molar-refractivity contribution in [2.75, 3.05) is 19.4 Å². The van der Waals surface area contributed by atoms with Gasteiger partial charge in [0.05, 0.1) is 11.6 Å². The van der Waals surface area contributed by atoms with Crippen molar-refractivity contribution in [2.24, 2.45) is 0 Å². The van der Waals surface area contributed by atoms with Gasteiger partial charge in [-0.2, -0.15) is 13.2 Å². The Morgan fingerprint density at radius 1 is 1.42 bits per heavy atom. The SMILES string of the molecule is CNC(C)c1ccc(OCCSC(F)(F)F)c(Cl)c1. The summed E-state index contributed by atoms with van der Waals surface area (Å²) in [6.07, 6.45) is 0. The van der Waals surface area contributed by atoms with Crippen molar-refractivity contribution < 1.29 is 17.9 Å². The van der Waals surface area contributed by atoms with E-state index in [0.29, 0.717) is 10.8 Å². The number of hydrogen-bond acceptors (Lipinski definition) is 3. The Hall–Kier alpha value is -0.590. The third-order valence-corrected chi connectivity index (χ3v) is 3.49. The number of halogens is 4. The molecule has 0 aliphatic rings.